The predicted molar refractivity (Wildman–Crippen MR) is 152 cm³/mol. The zero-order valence-electron chi connectivity index (χ0n) is 22.8. The van der Waals surface area contributed by atoms with E-state index in [4.69, 9.17) is 0 Å². The topological polar surface area (TPSA) is 50.1 Å². The SMILES string of the molecule is C=c1/c(=C\N=C(C)C)ccc(=O)n1CC1=CCCC=C1OC(F)F.Cc1ccc(N2CCN(C)CC2)cc1. The minimum Gasteiger partial charge on any atom is -0.435 e. The molecule has 1 fully saturated rings. The Morgan fingerprint density at radius 2 is 1.71 bits per heavy atom. The Morgan fingerprint density at radius 3 is 2.34 bits per heavy atom. The van der Waals surface area contributed by atoms with E-state index in [1.165, 1.54) is 35.0 Å². The number of piperazine rings is 1. The molecule has 1 aliphatic carbocycles. The second-order valence-corrected chi connectivity index (χ2v) is 9.74. The van der Waals surface area contributed by atoms with Gasteiger partial charge in [0.1, 0.15) is 5.76 Å². The van der Waals surface area contributed by atoms with Crippen LogP contribution in [0.25, 0.3) is 12.8 Å². The number of rotatable bonds is 6. The minimum absolute atomic E-state index is 0.124. The Hall–Kier alpha value is -3.52. The number of alkyl halides is 2. The normalized spacial score (nSPS) is 16.4. The van der Waals surface area contributed by atoms with E-state index in [2.05, 4.69) is 64.3 Å². The van der Waals surface area contributed by atoms with Gasteiger partial charge in [0.25, 0.3) is 5.56 Å². The second-order valence-electron chi connectivity index (χ2n) is 9.74. The van der Waals surface area contributed by atoms with E-state index in [9.17, 15) is 13.6 Å². The van der Waals surface area contributed by atoms with Crippen molar-refractivity contribution in [1.82, 2.24) is 9.47 Å². The molecule has 2 aliphatic rings. The number of hydrogen-bond acceptors (Lipinski definition) is 5. The third-order valence-corrected chi connectivity index (χ3v) is 6.44. The molecule has 8 heteroatoms. The monoisotopic (exact) mass is 524 g/mol. The Labute approximate surface area is 223 Å². The fourth-order valence-corrected chi connectivity index (χ4v) is 4.18. The number of nitrogens with zero attached hydrogens (tertiary/aromatic N) is 4. The van der Waals surface area contributed by atoms with Crippen molar-refractivity contribution in [2.75, 3.05) is 38.1 Å². The van der Waals surface area contributed by atoms with Crippen molar-refractivity contribution in [3.63, 3.8) is 0 Å². The molecule has 1 saturated heterocycles. The molecule has 0 saturated carbocycles. The number of likely N-dealkylation sites (N-methyl/N-ethyl adjacent to an activating group) is 1. The zero-order chi connectivity index (χ0) is 27.7. The summed E-state index contributed by atoms with van der Waals surface area (Å²) in [4.78, 5) is 21.2. The van der Waals surface area contributed by atoms with Gasteiger partial charge in [0.2, 0.25) is 0 Å². The van der Waals surface area contributed by atoms with Gasteiger partial charge in [-0.25, -0.2) is 0 Å². The van der Waals surface area contributed by atoms with E-state index in [1.807, 2.05) is 19.9 Å². The van der Waals surface area contributed by atoms with E-state index in [-0.39, 0.29) is 17.9 Å². The number of hydrogen-bond donors (Lipinski definition) is 0. The van der Waals surface area contributed by atoms with Crippen LogP contribution in [0.3, 0.4) is 0 Å². The smallest absolute Gasteiger partial charge is 0.387 e. The van der Waals surface area contributed by atoms with Crippen LogP contribution in [0.5, 0.6) is 0 Å². The molecular formula is C30H38F2N4O2. The van der Waals surface area contributed by atoms with Gasteiger partial charge in [-0.3, -0.25) is 9.79 Å². The largest absolute Gasteiger partial charge is 0.435 e. The maximum absolute atomic E-state index is 12.5. The Morgan fingerprint density at radius 1 is 1.05 bits per heavy atom. The van der Waals surface area contributed by atoms with Gasteiger partial charge >= 0.3 is 6.61 Å². The highest BCUT2D eigenvalue weighted by atomic mass is 19.3. The lowest BCUT2D eigenvalue weighted by atomic mass is 10.0. The van der Waals surface area contributed by atoms with Crippen molar-refractivity contribution in [3.05, 3.63) is 86.4 Å². The molecule has 0 N–H and O–H groups in total. The number of aliphatic imine (C=N–C) groups is 1. The molecule has 38 heavy (non-hydrogen) atoms. The molecule has 0 radical (unpaired) electrons. The van der Waals surface area contributed by atoms with Crippen LogP contribution >= 0.6 is 0 Å². The van der Waals surface area contributed by atoms with E-state index in [0.29, 0.717) is 22.6 Å². The van der Waals surface area contributed by atoms with Crippen molar-refractivity contribution in [1.29, 1.82) is 0 Å². The van der Waals surface area contributed by atoms with Gasteiger partial charge < -0.3 is 19.1 Å². The number of benzene rings is 1. The number of pyridine rings is 1. The lowest BCUT2D eigenvalue weighted by Gasteiger charge is -2.34. The van der Waals surface area contributed by atoms with Crippen molar-refractivity contribution >= 4 is 24.2 Å². The van der Waals surface area contributed by atoms with Crippen LogP contribution < -0.4 is 21.0 Å². The zero-order valence-corrected chi connectivity index (χ0v) is 22.8. The first kappa shape index (κ1) is 29.0. The molecule has 0 amide bonds. The highest BCUT2D eigenvalue weighted by Crippen LogP contribution is 2.23. The molecule has 2 aromatic rings. The highest BCUT2D eigenvalue weighted by Gasteiger charge is 2.16. The fraction of sp³-hybridized carbons (Fsp3) is 0.400. The molecule has 1 aromatic heterocycles. The molecule has 204 valence electrons. The quantitative estimate of drug-likeness (QED) is 0.535. The summed E-state index contributed by atoms with van der Waals surface area (Å²) in [7, 11) is 2.19. The summed E-state index contributed by atoms with van der Waals surface area (Å²) in [6.07, 6.45) is 6.42. The standard InChI is InChI=1S/C18H20F2N2O2.C12H18N2/c1-12(2)21-10-14-8-9-17(23)22(13(14)3)11-15-6-4-5-7-16(15)24-18(19)20;1-11-3-5-12(6-4-11)14-9-7-13(2)8-10-14/h6-10,18H,3-5,11H2,1-2H3;3-6H,7-10H2,1-2H3/b14-10-;. The fourth-order valence-electron chi connectivity index (χ4n) is 4.18. The molecule has 0 bridgehead atoms. The number of ether oxygens (including phenoxy) is 1. The molecule has 0 spiro atoms. The van der Waals surface area contributed by atoms with Gasteiger partial charge in [0, 0.05) is 66.0 Å². The van der Waals surface area contributed by atoms with Gasteiger partial charge in [-0.1, -0.05) is 30.4 Å². The maximum Gasteiger partial charge on any atom is 0.387 e. The summed E-state index contributed by atoms with van der Waals surface area (Å²) >= 11 is 0. The Balaban J connectivity index is 0.000000241. The summed E-state index contributed by atoms with van der Waals surface area (Å²) in [5.74, 6) is 0.124. The molecule has 1 aromatic carbocycles. The van der Waals surface area contributed by atoms with Crippen LogP contribution in [-0.4, -0.2) is 55.0 Å². The van der Waals surface area contributed by atoms with E-state index < -0.39 is 6.61 Å². The molecular weight excluding hydrogens is 486 g/mol. The van der Waals surface area contributed by atoms with Crippen LogP contribution in [0.4, 0.5) is 14.5 Å². The first-order valence-corrected chi connectivity index (χ1v) is 12.9. The first-order valence-electron chi connectivity index (χ1n) is 12.9. The van der Waals surface area contributed by atoms with Crippen LogP contribution in [0.1, 0.15) is 32.3 Å². The minimum atomic E-state index is -2.89. The van der Waals surface area contributed by atoms with Gasteiger partial charge in [-0.05, 0) is 64.9 Å². The summed E-state index contributed by atoms with van der Waals surface area (Å²) in [5.41, 5.74) is 3.88. The molecule has 0 unspecified atom stereocenters. The summed E-state index contributed by atoms with van der Waals surface area (Å²) in [6, 6.07) is 11.9. The molecule has 0 atom stereocenters. The van der Waals surface area contributed by atoms with Gasteiger partial charge in [0.15, 0.2) is 0 Å². The summed E-state index contributed by atoms with van der Waals surface area (Å²) < 4.78 is 31.1. The number of anilines is 1. The van der Waals surface area contributed by atoms with E-state index in [1.54, 1.807) is 18.3 Å². The number of halogens is 2. The molecule has 4 rings (SSSR count). The average Bonchev–Trinajstić information content (AvgIpc) is 2.88. The van der Waals surface area contributed by atoms with Crippen LogP contribution in [0, 0.1) is 6.92 Å². The lowest BCUT2D eigenvalue weighted by Crippen LogP contribution is -2.44. The van der Waals surface area contributed by atoms with Gasteiger partial charge in [-0.15, -0.1) is 0 Å². The Bertz CT molecular complexity index is 1330. The molecule has 2 heterocycles. The van der Waals surface area contributed by atoms with Crippen molar-refractivity contribution in [2.45, 2.75) is 46.8 Å². The third kappa shape index (κ3) is 8.52. The number of allylic oxidation sites excluding steroid dienone is 3. The third-order valence-electron chi connectivity index (χ3n) is 6.44. The van der Waals surface area contributed by atoms with Gasteiger partial charge in [0.05, 0.1) is 6.54 Å². The summed E-state index contributed by atoms with van der Waals surface area (Å²) in [5, 5.41) is 1.18. The van der Waals surface area contributed by atoms with E-state index in [0.717, 1.165) is 25.2 Å². The van der Waals surface area contributed by atoms with Crippen LogP contribution in [0.2, 0.25) is 0 Å². The number of aryl methyl sites for hydroxylation is 1. The average molecular weight is 525 g/mol. The predicted octanol–water partition coefficient (Wildman–Crippen LogP) is 4.07. The lowest BCUT2D eigenvalue weighted by molar-refractivity contribution is -0.0942. The maximum atomic E-state index is 12.5. The second kappa shape index (κ2) is 13.9. The van der Waals surface area contributed by atoms with Gasteiger partial charge in [-0.2, -0.15) is 8.78 Å². The summed E-state index contributed by atoms with van der Waals surface area (Å²) in [6.45, 7) is 11.7. The van der Waals surface area contributed by atoms with Crippen molar-refractivity contribution in [2.24, 2.45) is 4.99 Å². The van der Waals surface area contributed by atoms with Crippen LogP contribution in [-0.2, 0) is 11.3 Å². The Kier molecular flexibility index (Phi) is 10.6. The molecule has 6 nitrogen and oxygen atoms in total. The first-order chi connectivity index (χ1) is 18.1. The highest BCUT2D eigenvalue weighted by molar-refractivity contribution is 5.81. The van der Waals surface area contributed by atoms with Crippen molar-refractivity contribution < 1.29 is 13.5 Å². The van der Waals surface area contributed by atoms with Crippen LogP contribution in [0.15, 0.2) is 69.7 Å². The van der Waals surface area contributed by atoms with Crippen molar-refractivity contribution in [3.8, 4) is 0 Å². The number of aromatic nitrogens is 1. The van der Waals surface area contributed by atoms with E-state index >= 15 is 0 Å². The molecule has 1 aliphatic heterocycles.